The largest absolute Gasteiger partial charge is 0.496 e. The maximum absolute atomic E-state index is 13.1. The fourth-order valence-corrected chi connectivity index (χ4v) is 5.12. The SMILES string of the molecule is COc1ccccc1CC(=O)N1CCC[C@@H]1c1nc2c(c(=O)[nH]1)CCN(S(C)(=O)=O)C2. The average Bonchev–Trinajstić information content (AvgIpc) is 3.23. The van der Waals surface area contributed by atoms with Crippen LogP contribution in [0.2, 0.25) is 0 Å². The molecule has 1 aromatic heterocycles. The number of nitrogens with one attached hydrogen (secondary N) is 1. The Labute approximate surface area is 181 Å². The van der Waals surface area contributed by atoms with E-state index in [9.17, 15) is 18.0 Å². The molecule has 1 saturated heterocycles. The number of methoxy groups -OCH3 is 1. The number of nitrogens with zero attached hydrogens (tertiary/aromatic N) is 3. The Morgan fingerprint density at radius 3 is 2.81 bits per heavy atom. The fraction of sp³-hybridized carbons (Fsp3) is 0.476. The second kappa shape index (κ2) is 8.43. The number of carbonyl (C=O) groups excluding carboxylic acids is 1. The minimum Gasteiger partial charge on any atom is -0.496 e. The zero-order valence-electron chi connectivity index (χ0n) is 17.6. The monoisotopic (exact) mass is 446 g/mol. The van der Waals surface area contributed by atoms with E-state index in [0.717, 1.165) is 18.2 Å². The highest BCUT2D eigenvalue weighted by atomic mass is 32.2. The van der Waals surface area contributed by atoms with Crippen LogP contribution in [-0.2, 0) is 34.2 Å². The highest BCUT2D eigenvalue weighted by Crippen LogP contribution is 2.31. The van der Waals surface area contributed by atoms with E-state index in [0.29, 0.717) is 42.2 Å². The number of ether oxygens (including phenoxy) is 1. The van der Waals surface area contributed by atoms with Gasteiger partial charge in [-0.15, -0.1) is 0 Å². The van der Waals surface area contributed by atoms with Gasteiger partial charge in [0, 0.05) is 24.2 Å². The van der Waals surface area contributed by atoms with Gasteiger partial charge in [0.15, 0.2) is 0 Å². The van der Waals surface area contributed by atoms with Crippen LogP contribution in [0.15, 0.2) is 29.1 Å². The molecule has 1 atom stereocenters. The summed E-state index contributed by atoms with van der Waals surface area (Å²) in [5, 5.41) is 0. The normalized spacial score (nSPS) is 19.3. The van der Waals surface area contributed by atoms with Crippen molar-refractivity contribution in [2.45, 2.75) is 38.3 Å². The first-order valence-corrected chi connectivity index (χ1v) is 12.1. The fourth-order valence-electron chi connectivity index (χ4n) is 4.34. The number of likely N-dealkylation sites (tertiary alicyclic amines) is 1. The predicted molar refractivity (Wildman–Crippen MR) is 114 cm³/mol. The standard InChI is InChI=1S/C21H26N4O5S/c1-30-18-8-4-3-6-14(18)12-19(26)25-10-5-7-17(25)20-22-16-13-24(31(2,28)29)11-9-15(16)21(27)23-20/h3-4,6,8,17H,5,7,9-13H2,1-2H3,(H,22,23,27)/t17-/m1/s1. The maximum atomic E-state index is 13.1. The number of fused-ring (bicyclic) bond motifs is 1. The van der Waals surface area contributed by atoms with Gasteiger partial charge in [-0.2, -0.15) is 4.31 Å². The van der Waals surface area contributed by atoms with E-state index in [2.05, 4.69) is 9.97 Å². The number of carbonyl (C=O) groups is 1. The smallest absolute Gasteiger partial charge is 0.254 e. The quantitative estimate of drug-likeness (QED) is 0.733. The van der Waals surface area contributed by atoms with Gasteiger partial charge in [0.2, 0.25) is 15.9 Å². The number of amides is 1. The molecule has 0 radical (unpaired) electrons. The number of hydrogen-bond donors (Lipinski definition) is 1. The summed E-state index contributed by atoms with van der Waals surface area (Å²) in [4.78, 5) is 35.0. The minimum atomic E-state index is -3.37. The molecule has 0 bridgehead atoms. The molecular formula is C21H26N4O5S. The van der Waals surface area contributed by atoms with Gasteiger partial charge < -0.3 is 14.6 Å². The molecule has 1 amide bonds. The molecule has 31 heavy (non-hydrogen) atoms. The molecule has 0 unspecified atom stereocenters. The summed E-state index contributed by atoms with van der Waals surface area (Å²) in [6, 6.07) is 7.06. The van der Waals surface area contributed by atoms with Crippen molar-refractivity contribution in [3.63, 3.8) is 0 Å². The number of para-hydroxylation sites is 1. The topological polar surface area (TPSA) is 113 Å². The lowest BCUT2D eigenvalue weighted by atomic mass is 10.1. The first-order valence-electron chi connectivity index (χ1n) is 10.3. The summed E-state index contributed by atoms with van der Waals surface area (Å²) < 4.78 is 30.6. The van der Waals surface area contributed by atoms with Crippen LogP contribution in [0.4, 0.5) is 0 Å². The third-order valence-electron chi connectivity index (χ3n) is 5.95. The Kier molecular flexibility index (Phi) is 5.85. The van der Waals surface area contributed by atoms with E-state index in [1.807, 2.05) is 24.3 Å². The van der Waals surface area contributed by atoms with E-state index in [-0.39, 0.29) is 37.0 Å². The van der Waals surface area contributed by atoms with Crippen LogP contribution in [0, 0.1) is 0 Å². The summed E-state index contributed by atoms with van der Waals surface area (Å²) in [7, 11) is -1.80. The molecule has 0 aliphatic carbocycles. The lowest BCUT2D eigenvalue weighted by Crippen LogP contribution is -2.40. The number of sulfonamides is 1. The Balaban J connectivity index is 1.60. The molecule has 4 rings (SSSR count). The van der Waals surface area contributed by atoms with Gasteiger partial charge in [-0.25, -0.2) is 13.4 Å². The Bertz CT molecular complexity index is 1160. The van der Waals surface area contributed by atoms with Gasteiger partial charge in [0.1, 0.15) is 11.6 Å². The summed E-state index contributed by atoms with van der Waals surface area (Å²) in [5.74, 6) is 1.02. The third kappa shape index (κ3) is 4.35. The van der Waals surface area contributed by atoms with Crippen LogP contribution >= 0.6 is 0 Å². The Morgan fingerprint density at radius 1 is 1.29 bits per heavy atom. The van der Waals surface area contributed by atoms with E-state index >= 15 is 0 Å². The van der Waals surface area contributed by atoms with Crippen molar-refractivity contribution in [1.29, 1.82) is 0 Å². The van der Waals surface area contributed by atoms with Crippen molar-refractivity contribution in [3.8, 4) is 5.75 Å². The van der Waals surface area contributed by atoms with Crippen LogP contribution in [0.3, 0.4) is 0 Å². The Hall–Kier alpha value is -2.72. The van der Waals surface area contributed by atoms with Crippen molar-refractivity contribution in [3.05, 3.63) is 57.3 Å². The van der Waals surface area contributed by atoms with Crippen molar-refractivity contribution in [2.24, 2.45) is 0 Å². The number of benzene rings is 1. The van der Waals surface area contributed by atoms with Gasteiger partial charge in [-0.3, -0.25) is 9.59 Å². The summed E-state index contributed by atoms with van der Waals surface area (Å²) in [5.41, 5.74) is 1.54. The zero-order chi connectivity index (χ0) is 22.2. The van der Waals surface area contributed by atoms with Gasteiger partial charge in [0.05, 0.1) is 38.1 Å². The lowest BCUT2D eigenvalue weighted by Gasteiger charge is -2.28. The van der Waals surface area contributed by atoms with E-state index in [1.54, 1.807) is 12.0 Å². The Morgan fingerprint density at radius 2 is 2.06 bits per heavy atom. The zero-order valence-corrected chi connectivity index (χ0v) is 18.4. The molecule has 1 fully saturated rings. The van der Waals surface area contributed by atoms with Gasteiger partial charge >= 0.3 is 0 Å². The van der Waals surface area contributed by atoms with Crippen LogP contribution in [0.1, 0.15) is 41.5 Å². The minimum absolute atomic E-state index is 0.0647. The second-order valence-corrected chi connectivity index (χ2v) is 9.94. The number of H-pyrrole nitrogens is 1. The lowest BCUT2D eigenvalue weighted by molar-refractivity contribution is -0.131. The molecule has 9 nitrogen and oxygen atoms in total. The van der Waals surface area contributed by atoms with Crippen molar-refractivity contribution in [2.75, 3.05) is 26.5 Å². The molecule has 1 N–H and O–H groups in total. The van der Waals surface area contributed by atoms with Gasteiger partial charge in [0.25, 0.3) is 5.56 Å². The van der Waals surface area contributed by atoms with E-state index in [4.69, 9.17) is 4.74 Å². The second-order valence-electron chi connectivity index (χ2n) is 7.96. The highest BCUT2D eigenvalue weighted by Gasteiger charge is 2.34. The molecule has 2 aliphatic rings. The predicted octanol–water partition coefficient (Wildman–Crippen LogP) is 1.00. The van der Waals surface area contributed by atoms with Crippen molar-refractivity contribution < 1.29 is 17.9 Å². The number of rotatable bonds is 5. The van der Waals surface area contributed by atoms with Gasteiger partial charge in [-0.05, 0) is 25.3 Å². The number of aromatic amines is 1. The summed E-state index contributed by atoms with van der Waals surface area (Å²) >= 11 is 0. The van der Waals surface area contributed by atoms with Crippen molar-refractivity contribution >= 4 is 15.9 Å². The van der Waals surface area contributed by atoms with Crippen LogP contribution in [-0.4, -0.2) is 60.0 Å². The molecule has 10 heteroatoms. The first kappa shape index (κ1) is 21.5. The van der Waals surface area contributed by atoms with E-state index < -0.39 is 10.0 Å². The molecule has 2 aliphatic heterocycles. The maximum Gasteiger partial charge on any atom is 0.254 e. The first-order chi connectivity index (χ1) is 14.8. The van der Waals surface area contributed by atoms with Crippen LogP contribution in [0.5, 0.6) is 5.75 Å². The van der Waals surface area contributed by atoms with Crippen LogP contribution in [0.25, 0.3) is 0 Å². The molecule has 3 heterocycles. The van der Waals surface area contributed by atoms with Crippen molar-refractivity contribution in [1.82, 2.24) is 19.2 Å². The average molecular weight is 447 g/mol. The summed E-state index contributed by atoms with van der Waals surface area (Å²) in [6.07, 6.45) is 3.17. The number of hydrogen-bond acceptors (Lipinski definition) is 6. The number of aromatic nitrogens is 2. The highest BCUT2D eigenvalue weighted by molar-refractivity contribution is 7.88. The molecule has 166 valence electrons. The third-order valence-corrected chi connectivity index (χ3v) is 7.20. The van der Waals surface area contributed by atoms with E-state index in [1.165, 1.54) is 4.31 Å². The van der Waals surface area contributed by atoms with Crippen LogP contribution < -0.4 is 10.3 Å². The molecule has 1 aromatic carbocycles. The molecule has 0 saturated carbocycles. The molecular weight excluding hydrogens is 420 g/mol. The molecule has 0 spiro atoms. The summed E-state index contributed by atoms with van der Waals surface area (Å²) in [6.45, 7) is 0.921. The van der Waals surface area contributed by atoms with Gasteiger partial charge in [-0.1, -0.05) is 18.2 Å². The molecule has 2 aromatic rings.